The summed E-state index contributed by atoms with van der Waals surface area (Å²) in [6, 6.07) is 9.54. The third-order valence-electron chi connectivity index (χ3n) is 3.74. The van der Waals surface area contributed by atoms with Crippen LogP contribution in [0.3, 0.4) is 0 Å². The van der Waals surface area contributed by atoms with Crippen molar-refractivity contribution >= 4 is 27.7 Å². The topological polar surface area (TPSA) is 89.9 Å². The molecule has 1 N–H and O–H groups in total. The molecule has 0 saturated carbocycles. The highest BCUT2D eigenvalue weighted by Gasteiger charge is 2.22. The van der Waals surface area contributed by atoms with E-state index < -0.39 is 21.0 Å². The zero-order valence-electron chi connectivity index (χ0n) is 14.9. The van der Waals surface area contributed by atoms with Crippen molar-refractivity contribution in [2.45, 2.75) is 37.5 Å². The molecule has 0 spiro atoms. The van der Waals surface area contributed by atoms with Gasteiger partial charge in [0.1, 0.15) is 16.4 Å². The zero-order valence-corrected chi connectivity index (χ0v) is 16.4. The van der Waals surface area contributed by atoms with Crippen molar-refractivity contribution in [1.82, 2.24) is 0 Å². The average Bonchev–Trinajstić information content (AvgIpc) is 2.62. The summed E-state index contributed by atoms with van der Waals surface area (Å²) in [5.74, 6) is -0.573. The second-order valence-electron chi connectivity index (χ2n) is 5.87. The van der Waals surface area contributed by atoms with E-state index in [9.17, 15) is 13.2 Å². The van der Waals surface area contributed by atoms with Crippen molar-refractivity contribution in [3.05, 3.63) is 53.1 Å². The van der Waals surface area contributed by atoms with E-state index in [0.29, 0.717) is 12.4 Å². The third-order valence-corrected chi connectivity index (χ3v) is 5.47. The van der Waals surface area contributed by atoms with Crippen LogP contribution < -0.4 is 8.92 Å². The van der Waals surface area contributed by atoms with Gasteiger partial charge in [-0.15, -0.1) is 0 Å². The molecule has 0 aliphatic rings. The van der Waals surface area contributed by atoms with E-state index in [2.05, 4.69) is 6.92 Å². The normalized spacial score (nSPS) is 11.2. The number of rotatable bonds is 10. The number of benzene rings is 2. The van der Waals surface area contributed by atoms with Crippen LogP contribution in [0.15, 0.2) is 47.4 Å². The highest BCUT2D eigenvalue weighted by Crippen LogP contribution is 2.27. The van der Waals surface area contributed by atoms with Crippen LogP contribution in [-0.2, 0) is 10.1 Å². The fraction of sp³-hybridized carbons (Fsp3) is 0.316. The molecule has 8 heteroatoms. The third kappa shape index (κ3) is 6.15. The van der Waals surface area contributed by atoms with Gasteiger partial charge in [-0.1, -0.05) is 37.8 Å². The molecule has 0 radical (unpaired) electrons. The predicted molar refractivity (Wildman–Crippen MR) is 102 cm³/mol. The zero-order chi connectivity index (χ0) is 19.9. The number of carboxylic acids is 1. The minimum Gasteiger partial charge on any atom is -0.494 e. The molecule has 2 aromatic carbocycles. The minimum absolute atomic E-state index is 0.0742. The van der Waals surface area contributed by atoms with Crippen molar-refractivity contribution in [1.29, 1.82) is 0 Å². The van der Waals surface area contributed by atoms with Gasteiger partial charge < -0.3 is 14.0 Å². The van der Waals surface area contributed by atoms with Crippen molar-refractivity contribution in [2.75, 3.05) is 6.61 Å². The smallest absolute Gasteiger partial charge is 0.340 e. The lowest BCUT2D eigenvalue weighted by Crippen LogP contribution is -2.11. The summed E-state index contributed by atoms with van der Waals surface area (Å²) >= 11 is 5.90. The number of carboxylic acid groups (broad SMARTS) is 1. The van der Waals surface area contributed by atoms with E-state index in [4.69, 9.17) is 25.6 Å². The Morgan fingerprint density at radius 1 is 1.04 bits per heavy atom. The minimum atomic E-state index is -4.28. The molecule has 0 amide bonds. The number of aromatic carboxylic acids is 1. The maximum absolute atomic E-state index is 12.4. The van der Waals surface area contributed by atoms with Gasteiger partial charge in [0, 0.05) is 0 Å². The van der Waals surface area contributed by atoms with Crippen LogP contribution in [0.4, 0.5) is 0 Å². The van der Waals surface area contributed by atoms with E-state index in [1.807, 2.05) is 0 Å². The number of ether oxygens (including phenoxy) is 1. The summed E-state index contributed by atoms with van der Waals surface area (Å²) in [7, 11) is -4.28. The average molecular weight is 413 g/mol. The van der Waals surface area contributed by atoms with Crippen LogP contribution >= 0.6 is 11.6 Å². The Morgan fingerprint density at radius 2 is 1.70 bits per heavy atom. The summed E-state index contributed by atoms with van der Waals surface area (Å²) in [4.78, 5) is 10.6. The number of hydrogen-bond acceptors (Lipinski definition) is 5. The van der Waals surface area contributed by atoms with Crippen LogP contribution in [0.2, 0.25) is 5.02 Å². The lowest BCUT2D eigenvalue weighted by molar-refractivity contribution is 0.0696. The van der Waals surface area contributed by atoms with Gasteiger partial charge in [-0.25, -0.2) is 4.79 Å². The van der Waals surface area contributed by atoms with Crippen molar-refractivity contribution in [3.8, 4) is 11.5 Å². The van der Waals surface area contributed by atoms with Crippen LogP contribution in [0, 0.1) is 0 Å². The highest BCUT2D eigenvalue weighted by molar-refractivity contribution is 7.87. The monoisotopic (exact) mass is 412 g/mol. The van der Waals surface area contributed by atoms with Crippen LogP contribution in [-0.4, -0.2) is 26.1 Å². The lowest BCUT2D eigenvalue weighted by atomic mass is 10.2. The van der Waals surface area contributed by atoms with Crippen molar-refractivity contribution in [2.24, 2.45) is 0 Å². The van der Waals surface area contributed by atoms with E-state index in [1.54, 1.807) is 12.1 Å². The Balaban J connectivity index is 2.05. The Kier molecular flexibility index (Phi) is 7.50. The number of hydrogen-bond donors (Lipinski definition) is 1. The molecule has 0 fully saturated rings. The van der Waals surface area contributed by atoms with Gasteiger partial charge >= 0.3 is 16.1 Å². The maximum Gasteiger partial charge on any atom is 0.340 e. The first-order chi connectivity index (χ1) is 12.8. The molecule has 0 heterocycles. The summed E-state index contributed by atoms with van der Waals surface area (Å²) in [6.07, 6.45) is 4.38. The fourth-order valence-electron chi connectivity index (χ4n) is 2.31. The Hall–Kier alpha value is -2.25. The van der Waals surface area contributed by atoms with E-state index in [0.717, 1.165) is 25.3 Å². The molecule has 27 heavy (non-hydrogen) atoms. The Labute approximate surface area is 163 Å². The van der Waals surface area contributed by atoms with Crippen LogP contribution in [0.5, 0.6) is 11.5 Å². The summed E-state index contributed by atoms with van der Waals surface area (Å²) < 4.78 is 35.5. The number of unbranched alkanes of at least 4 members (excludes halogenated alkanes) is 3. The summed E-state index contributed by atoms with van der Waals surface area (Å²) in [6.45, 7) is 2.73. The second-order valence-corrected chi connectivity index (χ2v) is 7.79. The Morgan fingerprint density at radius 3 is 2.33 bits per heavy atom. The molecular weight excluding hydrogens is 392 g/mol. The molecule has 6 nitrogen and oxygen atoms in total. The SMILES string of the molecule is CCCCCCOc1ccc(OS(=O)(=O)c2cc(C(=O)O)ccc2Cl)cc1. The maximum atomic E-state index is 12.4. The molecule has 0 bridgehead atoms. The first kappa shape index (κ1) is 21.1. The van der Waals surface area contributed by atoms with E-state index in [1.165, 1.54) is 30.7 Å². The van der Waals surface area contributed by atoms with Crippen LogP contribution in [0.25, 0.3) is 0 Å². The first-order valence-electron chi connectivity index (χ1n) is 8.53. The second kappa shape index (κ2) is 9.62. The van der Waals surface area contributed by atoms with Gasteiger partial charge in [-0.05, 0) is 48.9 Å². The Bertz CT molecular complexity index is 878. The molecule has 0 aliphatic carbocycles. The molecule has 0 unspecified atom stereocenters. The predicted octanol–water partition coefficient (Wildman–Crippen LogP) is 4.77. The van der Waals surface area contributed by atoms with Crippen molar-refractivity contribution < 1.29 is 27.2 Å². The van der Waals surface area contributed by atoms with Gasteiger partial charge in [-0.2, -0.15) is 8.42 Å². The fourth-order valence-corrected chi connectivity index (χ4v) is 3.74. The molecule has 146 valence electrons. The first-order valence-corrected chi connectivity index (χ1v) is 10.3. The van der Waals surface area contributed by atoms with Gasteiger partial charge in [0.2, 0.25) is 0 Å². The number of carbonyl (C=O) groups is 1. The molecular formula is C19H21ClO6S. The van der Waals surface area contributed by atoms with Gasteiger partial charge in [0.25, 0.3) is 0 Å². The van der Waals surface area contributed by atoms with Gasteiger partial charge in [0.05, 0.1) is 17.2 Å². The molecule has 2 aromatic rings. The van der Waals surface area contributed by atoms with E-state index >= 15 is 0 Å². The molecule has 0 aromatic heterocycles. The van der Waals surface area contributed by atoms with Crippen LogP contribution in [0.1, 0.15) is 43.0 Å². The molecule has 0 aliphatic heterocycles. The quantitative estimate of drug-likeness (QED) is 0.446. The van der Waals surface area contributed by atoms with Crippen molar-refractivity contribution in [3.63, 3.8) is 0 Å². The van der Waals surface area contributed by atoms with Gasteiger partial charge in [-0.3, -0.25) is 0 Å². The number of halogens is 1. The molecule has 0 atom stereocenters. The molecule has 2 rings (SSSR count). The lowest BCUT2D eigenvalue weighted by Gasteiger charge is -2.10. The highest BCUT2D eigenvalue weighted by atomic mass is 35.5. The van der Waals surface area contributed by atoms with Gasteiger partial charge in [0.15, 0.2) is 0 Å². The largest absolute Gasteiger partial charge is 0.494 e. The molecule has 0 saturated heterocycles. The summed E-state index contributed by atoms with van der Waals surface area (Å²) in [5.41, 5.74) is -0.201. The standard InChI is InChI=1S/C19H21ClO6S/c1-2-3-4-5-12-25-15-7-9-16(10-8-15)26-27(23,24)18-13-14(19(21)22)6-11-17(18)20/h6-11,13H,2-5,12H2,1H3,(H,21,22). The van der Waals surface area contributed by atoms with E-state index in [-0.39, 0.29) is 16.3 Å². The summed E-state index contributed by atoms with van der Waals surface area (Å²) in [5, 5.41) is 8.89.